The van der Waals surface area contributed by atoms with Gasteiger partial charge in [0.1, 0.15) is 0 Å². The van der Waals surface area contributed by atoms with Crippen LogP contribution in [0.4, 0.5) is 0 Å². The van der Waals surface area contributed by atoms with Crippen LogP contribution in [0.1, 0.15) is 37.3 Å². The number of nitrogens with zero attached hydrogens (tertiary/aromatic N) is 2. The van der Waals surface area contributed by atoms with Gasteiger partial charge in [0.25, 0.3) is 0 Å². The van der Waals surface area contributed by atoms with Crippen LogP contribution in [-0.4, -0.2) is 70.5 Å². The number of benzene rings is 1. The highest BCUT2D eigenvalue weighted by molar-refractivity contribution is 14.0. The predicted octanol–water partition coefficient (Wildman–Crippen LogP) is 3.43. The Morgan fingerprint density at radius 1 is 1.10 bits per heavy atom. The van der Waals surface area contributed by atoms with E-state index < -0.39 is 0 Å². The smallest absolute Gasteiger partial charge is 0.191 e. The van der Waals surface area contributed by atoms with Gasteiger partial charge in [-0.25, -0.2) is 0 Å². The van der Waals surface area contributed by atoms with Gasteiger partial charge in [-0.1, -0.05) is 29.8 Å². The van der Waals surface area contributed by atoms with Gasteiger partial charge in [0.2, 0.25) is 0 Å². The van der Waals surface area contributed by atoms with Crippen LogP contribution in [0.2, 0.25) is 0 Å². The number of piperidine rings is 1. The number of nitrogens with one attached hydrogen (secondary N) is 2. The summed E-state index contributed by atoms with van der Waals surface area (Å²) in [6, 6.07) is 8.92. The molecule has 7 heteroatoms. The molecule has 2 rings (SSSR count). The quantitative estimate of drug-likeness (QED) is 0.187. The van der Waals surface area contributed by atoms with E-state index in [2.05, 4.69) is 53.6 Å². The summed E-state index contributed by atoms with van der Waals surface area (Å²) in [4.78, 5) is 7.39. The van der Waals surface area contributed by atoms with Gasteiger partial charge in [0, 0.05) is 39.9 Å². The molecule has 1 aromatic rings. The van der Waals surface area contributed by atoms with Gasteiger partial charge >= 0.3 is 0 Å². The zero-order valence-electron chi connectivity index (χ0n) is 19.0. The van der Waals surface area contributed by atoms with Gasteiger partial charge in [-0.15, -0.1) is 24.0 Å². The monoisotopic (exact) mass is 532 g/mol. The lowest BCUT2D eigenvalue weighted by Gasteiger charge is -2.31. The molecule has 1 aromatic carbocycles. The molecule has 0 aliphatic carbocycles. The van der Waals surface area contributed by atoms with Gasteiger partial charge in [0.15, 0.2) is 5.96 Å². The van der Waals surface area contributed by atoms with Gasteiger partial charge in [-0.2, -0.15) is 0 Å². The Bertz CT molecular complexity index is 575. The molecule has 0 bridgehead atoms. The Morgan fingerprint density at radius 3 is 2.50 bits per heavy atom. The van der Waals surface area contributed by atoms with Crippen LogP contribution in [0.3, 0.4) is 0 Å². The number of aryl methyl sites for hydroxylation is 1. The minimum absolute atomic E-state index is 0. The van der Waals surface area contributed by atoms with Crippen molar-refractivity contribution < 1.29 is 9.47 Å². The summed E-state index contributed by atoms with van der Waals surface area (Å²) in [6.07, 6.45) is 3.41. The third-order valence-electron chi connectivity index (χ3n) is 5.28. The van der Waals surface area contributed by atoms with Crippen molar-refractivity contribution in [3.05, 3.63) is 35.4 Å². The predicted molar refractivity (Wildman–Crippen MR) is 136 cm³/mol. The maximum absolute atomic E-state index is 5.50. The van der Waals surface area contributed by atoms with E-state index in [1.54, 1.807) is 7.11 Å². The van der Waals surface area contributed by atoms with Crippen molar-refractivity contribution >= 4 is 29.9 Å². The van der Waals surface area contributed by atoms with E-state index in [0.29, 0.717) is 19.1 Å². The molecule has 172 valence electrons. The average Bonchev–Trinajstić information content (AvgIpc) is 2.74. The van der Waals surface area contributed by atoms with Crippen LogP contribution in [0.15, 0.2) is 29.3 Å². The number of likely N-dealkylation sites (tertiary alicyclic amines) is 1. The van der Waals surface area contributed by atoms with Crippen LogP contribution in [0.5, 0.6) is 0 Å². The highest BCUT2D eigenvalue weighted by Gasteiger charge is 2.19. The molecule has 0 saturated carbocycles. The lowest BCUT2D eigenvalue weighted by Crippen LogP contribution is -2.39. The molecule has 1 heterocycles. The molecule has 1 fully saturated rings. The minimum Gasteiger partial charge on any atom is -0.382 e. The molecule has 0 atom stereocenters. The van der Waals surface area contributed by atoms with Crippen molar-refractivity contribution in [2.24, 2.45) is 10.9 Å². The number of aliphatic imine (C=N–C) groups is 1. The summed E-state index contributed by atoms with van der Waals surface area (Å²) < 4.78 is 10.5. The highest BCUT2D eigenvalue weighted by Crippen LogP contribution is 2.19. The first kappa shape index (κ1) is 27.1. The fraction of sp³-hybridized carbons (Fsp3) is 0.696. The van der Waals surface area contributed by atoms with E-state index in [1.165, 1.54) is 24.0 Å². The van der Waals surface area contributed by atoms with E-state index in [4.69, 9.17) is 14.5 Å². The highest BCUT2D eigenvalue weighted by atomic mass is 127. The van der Waals surface area contributed by atoms with Crippen LogP contribution in [0.25, 0.3) is 0 Å². The molecule has 1 saturated heterocycles. The van der Waals surface area contributed by atoms with Crippen LogP contribution in [-0.2, 0) is 16.0 Å². The average molecular weight is 533 g/mol. The van der Waals surface area contributed by atoms with Crippen molar-refractivity contribution in [1.29, 1.82) is 0 Å². The molecule has 6 nitrogen and oxygen atoms in total. The Balaban J connectivity index is 0.00000450. The third kappa shape index (κ3) is 11.5. The van der Waals surface area contributed by atoms with Gasteiger partial charge in [-0.05, 0) is 57.7 Å². The molecule has 0 radical (unpaired) electrons. The summed E-state index contributed by atoms with van der Waals surface area (Å²) >= 11 is 0. The van der Waals surface area contributed by atoms with E-state index in [1.807, 2.05) is 0 Å². The summed E-state index contributed by atoms with van der Waals surface area (Å²) in [5.41, 5.74) is 2.74. The third-order valence-corrected chi connectivity index (χ3v) is 5.28. The summed E-state index contributed by atoms with van der Waals surface area (Å²) in [5.74, 6) is 1.60. The zero-order chi connectivity index (χ0) is 20.7. The topological polar surface area (TPSA) is 58.1 Å². The fourth-order valence-electron chi connectivity index (χ4n) is 3.47. The molecule has 0 unspecified atom stereocenters. The second kappa shape index (κ2) is 16.8. The molecule has 1 aliphatic heterocycles. The van der Waals surface area contributed by atoms with Gasteiger partial charge in [0.05, 0.1) is 13.2 Å². The molecule has 0 aromatic heterocycles. The molecular weight excluding hydrogens is 491 g/mol. The Hall–Kier alpha value is -0.900. The van der Waals surface area contributed by atoms with Crippen LogP contribution >= 0.6 is 24.0 Å². The van der Waals surface area contributed by atoms with E-state index in [0.717, 1.165) is 58.3 Å². The second-order valence-electron chi connectivity index (χ2n) is 7.81. The number of rotatable bonds is 12. The number of hydrogen-bond donors (Lipinski definition) is 2. The summed E-state index contributed by atoms with van der Waals surface area (Å²) in [7, 11) is 1.69. The summed E-state index contributed by atoms with van der Waals surface area (Å²) in [6.45, 7) is 12.3. The first-order valence-electron chi connectivity index (χ1n) is 11.1. The number of halogens is 1. The lowest BCUT2D eigenvalue weighted by molar-refractivity contribution is 0.0698. The Labute approximate surface area is 200 Å². The molecule has 1 aliphatic rings. The van der Waals surface area contributed by atoms with E-state index in [9.17, 15) is 0 Å². The van der Waals surface area contributed by atoms with Crippen molar-refractivity contribution in [2.75, 3.05) is 59.7 Å². The SMILES string of the molecule is CCNC(=NCC1CCN(Cc2ccc(C)cc2)CC1)NCCCOCCOC.I. The standard InChI is InChI=1S/C23H40N4O2.HI/c1-4-24-23(25-12-5-15-29-17-16-28-3)26-18-21-10-13-27(14-11-21)19-22-8-6-20(2)7-9-22;/h6-9,21H,4-5,10-19H2,1-3H3,(H2,24,25,26);1H. The van der Waals surface area contributed by atoms with Gasteiger partial charge in [-0.3, -0.25) is 9.89 Å². The molecule has 0 amide bonds. The van der Waals surface area contributed by atoms with E-state index in [-0.39, 0.29) is 24.0 Å². The maximum atomic E-state index is 5.50. The fourth-order valence-corrected chi connectivity index (χ4v) is 3.47. The number of hydrogen-bond acceptors (Lipinski definition) is 4. The minimum atomic E-state index is 0. The van der Waals surface area contributed by atoms with Crippen LogP contribution in [0, 0.1) is 12.8 Å². The zero-order valence-corrected chi connectivity index (χ0v) is 21.3. The van der Waals surface area contributed by atoms with Crippen molar-refractivity contribution in [3.8, 4) is 0 Å². The summed E-state index contributed by atoms with van der Waals surface area (Å²) in [5, 5.41) is 6.76. The normalized spacial score (nSPS) is 15.6. The molecule has 0 spiro atoms. The largest absolute Gasteiger partial charge is 0.382 e. The van der Waals surface area contributed by atoms with E-state index >= 15 is 0 Å². The van der Waals surface area contributed by atoms with Crippen molar-refractivity contribution in [1.82, 2.24) is 15.5 Å². The molecular formula is C23H41IN4O2. The Morgan fingerprint density at radius 2 is 1.83 bits per heavy atom. The van der Waals surface area contributed by atoms with Crippen molar-refractivity contribution in [3.63, 3.8) is 0 Å². The van der Waals surface area contributed by atoms with Crippen molar-refractivity contribution in [2.45, 2.75) is 39.7 Å². The first-order chi connectivity index (χ1) is 14.2. The number of ether oxygens (including phenoxy) is 2. The second-order valence-corrected chi connectivity index (χ2v) is 7.81. The molecule has 30 heavy (non-hydrogen) atoms. The van der Waals surface area contributed by atoms with Gasteiger partial charge < -0.3 is 20.1 Å². The lowest BCUT2D eigenvalue weighted by atomic mass is 9.96. The maximum Gasteiger partial charge on any atom is 0.191 e. The molecule has 2 N–H and O–H groups in total. The number of guanidine groups is 1. The number of methoxy groups -OCH3 is 1. The first-order valence-corrected chi connectivity index (χ1v) is 11.1. The Kier molecular flexibility index (Phi) is 15.2. The van der Waals surface area contributed by atoms with Crippen LogP contribution < -0.4 is 10.6 Å².